The highest BCUT2D eigenvalue weighted by molar-refractivity contribution is 6.36. The number of halogens is 2. The second-order valence-electron chi connectivity index (χ2n) is 5.46. The lowest BCUT2D eigenvalue weighted by atomic mass is 10.2. The van der Waals surface area contributed by atoms with Crippen LogP contribution in [0.25, 0.3) is 0 Å². The number of esters is 1. The van der Waals surface area contributed by atoms with Crippen LogP contribution in [-0.2, 0) is 19.1 Å². The number of carbonyl (C=O) groups excluding carboxylic acids is 3. The van der Waals surface area contributed by atoms with Crippen molar-refractivity contribution in [3.05, 3.63) is 28.2 Å². The summed E-state index contributed by atoms with van der Waals surface area (Å²) in [5.74, 6) is -1.18. The molecule has 2 rings (SSSR count). The summed E-state index contributed by atoms with van der Waals surface area (Å²) in [4.78, 5) is 36.9. The van der Waals surface area contributed by atoms with E-state index in [1.54, 1.807) is 12.1 Å². The predicted molar refractivity (Wildman–Crippen MR) is 91.1 cm³/mol. The second-order valence-corrected chi connectivity index (χ2v) is 6.30. The van der Waals surface area contributed by atoms with E-state index in [1.165, 1.54) is 11.0 Å². The molecule has 8 heteroatoms. The summed E-state index contributed by atoms with van der Waals surface area (Å²) < 4.78 is 4.92. The van der Waals surface area contributed by atoms with Gasteiger partial charge in [0.2, 0.25) is 5.91 Å². The number of rotatable bonds is 5. The average molecular weight is 373 g/mol. The Hall–Kier alpha value is -1.79. The molecule has 1 aromatic rings. The number of amides is 2. The Bertz CT molecular complexity index is 637. The summed E-state index contributed by atoms with van der Waals surface area (Å²) in [6, 6.07) is 4.63. The van der Waals surface area contributed by atoms with E-state index in [-0.39, 0.29) is 17.5 Å². The average Bonchev–Trinajstić information content (AvgIpc) is 2.73. The van der Waals surface area contributed by atoms with Crippen LogP contribution in [0.15, 0.2) is 18.2 Å². The lowest BCUT2D eigenvalue weighted by Crippen LogP contribution is -2.36. The standard InChI is InChI=1S/C16H18Cl2N2O4/c17-11-5-6-13(12(18)8-11)19-14(21)10-24-16(23)9-20-7-3-1-2-4-15(20)22/h5-6,8H,1-4,7,9-10H2,(H,19,21). The highest BCUT2D eigenvalue weighted by Crippen LogP contribution is 2.25. The van der Waals surface area contributed by atoms with Crippen LogP contribution >= 0.6 is 23.2 Å². The Morgan fingerprint density at radius 1 is 1.21 bits per heavy atom. The number of benzene rings is 1. The normalized spacial score (nSPS) is 14.9. The summed E-state index contributed by atoms with van der Waals surface area (Å²) in [5, 5.41) is 3.27. The molecule has 6 nitrogen and oxygen atoms in total. The molecule has 1 aromatic carbocycles. The molecule has 0 spiro atoms. The number of ether oxygens (including phenoxy) is 1. The van der Waals surface area contributed by atoms with Crippen LogP contribution in [0.5, 0.6) is 0 Å². The molecule has 0 saturated carbocycles. The quantitative estimate of drug-likeness (QED) is 0.806. The molecule has 0 aromatic heterocycles. The molecule has 0 radical (unpaired) electrons. The molecule has 0 aliphatic carbocycles. The van der Waals surface area contributed by atoms with E-state index in [4.69, 9.17) is 27.9 Å². The molecule has 1 aliphatic rings. The Labute approximate surface area is 150 Å². The summed E-state index contributed by atoms with van der Waals surface area (Å²) >= 11 is 11.7. The lowest BCUT2D eigenvalue weighted by Gasteiger charge is -2.19. The van der Waals surface area contributed by atoms with Gasteiger partial charge in [0.05, 0.1) is 10.7 Å². The largest absolute Gasteiger partial charge is 0.454 e. The maximum Gasteiger partial charge on any atom is 0.326 e. The molecule has 130 valence electrons. The van der Waals surface area contributed by atoms with Gasteiger partial charge in [-0.25, -0.2) is 0 Å². The lowest BCUT2D eigenvalue weighted by molar-refractivity contribution is -0.151. The Balaban J connectivity index is 1.78. The molecule has 1 fully saturated rings. The van der Waals surface area contributed by atoms with E-state index in [1.807, 2.05) is 0 Å². The monoisotopic (exact) mass is 372 g/mol. The minimum Gasteiger partial charge on any atom is -0.454 e. The molecular weight excluding hydrogens is 355 g/mol. The second kappa shape index (κ2) is 8.89. The van der Waals surface area contributed by atoms with Crippen LogP contribution in [0.1, 0.15) is 25.7 Å². The van der Waals surface area contributed by atoms with Crippen molar-refractivity contribution in [3.8, 4) is 0 Å². The summed E-state index contributed by atoms with van der Waals surface area (Å²) in [7, 11) is 0. The number of hydrogen-bond acceptors (Lipinski definition) is 4. The molecule has 1 N–H and O–H groups in total. The SMILES string of the molecule is O=C(COC(=O)CN1CCCCCC1=O)Nc1ccc(Cl)cc1Cl. The van der Waals surface area contributed by atoms with E-state index in [2.05, 4.69) is 5.32 Å². The Morgan fingerprint density at radius 3 is 2.75 bits per heavy atom. The van der Waals surface area contributed by atoms with E-state index in [0.717, 1.165) is 19.3 Å². The number of carbonyl (C=O) groups is 3. The minimum absolute atomic E-state index is 0.0538. The summed E-state index contributed by atoms with van der Waals surface area (Å²) in [5.41, 5.74) is 0.379. The molecule has 24 heavy (non-hydrogen) atoms. The van der Waals surface area contributed by atoms with E-state index in [0.29, 0.717) is 23.7 Å². The van der Waals surface area contributed by atoms with Crippen LogP contribution in [0, 0.1) is 0 Å². The van der Waals surface area contributed by atoms with Gasteiger partial charge in [-0.1, -0.05) is 29.6 Å². The first kappa shape index (κ1) is 18.5. The van der Waals surface area contributed by atoms with Crippen molar-refractivity contribution in [2.75, 3.05) is 25.0 Å². The van der Waals surface area contributed by atoms with Crippen molar-refractivity contribution in [2.45, 2.75) is 25.7 Å². The Morgan fingerprint density at radius 2 is 2.00 bits per heavy atom. The maximum atomic E-state index is 11.8. The Kier molecular flexibility index (Phi) is 6.87. The van der Waals surface area contributed by atoms with Crippen molar-refractivity contribution in [2.24, 2.45) is 0 Å². The van der Waals surface area contributed by atoms with Crippen LogP contribution < -0.4 is 5.32 Å². The first-order chi connectivity index (χ1) is 11.5. The van der Waals surface area contributed by atoms with Gasteiger partial charge < -0.3 is 15.0 Å². The third-order valence-electron chi connectivity index (χ3n) is 3.56. The van der Waals surface area contributed by atoms with E-state index < -0.39 is 18.5 Å². The van der Waals surface area contributed by atoms with Crippen molar-refractivity contribution in [1.82, 2.24) is 4.90 Å². The van der Waals surface area contributed by atoms with Crippen molar-refractivity contribution >= 4 is 46.7 Å². The van der Waals surface area contributed by atoms with Crippen LogP contribution in [0.2, 0.25) is 10.0 Å². The van der Waals surface area contributed by atoms with E-state index >= 15 is 0 Å². The number of likely N-dealkylation sites (tertiary alicyclic amines) is 1. The fraction of sp³-hybridized carbons (Fsp3) is 0.438. The number of nitrogens with one attached hydrogen (secondary N) is 1. The van der Waals surface area contributed by atoms with Gasteiger partial charge in [0, 0.05) is 18.0 Å². The predicted octanol–water partition coefficient (Wildman–Crippen LogP) is 2.88. The number of anilines is 1. The van der Waals surface area contributed by atoms with Gasteiger partial charge in [-0.15, -0.1) is 0 Å². The summed E-state index contributed by atoms with van der Waals surface area (Å²) in [6.07, 6.45) is 3.13. The van der Waals surface area contributed by atoms with Gasteiger partial charge >= 0.3 is 5.97 Å². The summed E-state index contributed by atoms with van der Waals surface area (Å²) in [6.45, 7) is -0.0336. The zero-order valence-electron chi connectivity index (χ0n) is 13.0. The van der Waals surface area contributed by atoms with Gasteiger partial charge in [-0.2, -0.15) is 0 Å². The van der Waals surface area contributed by atoms with Crippen molar-refractivity contribution in [1.29, 1.82) is 0 Å². The van der Waals surface area contributed by atoms with Gasteiger partial charge in [0.1, 0.15) is 6.54 Å². The van der Waals surface area contributed by atoms with Crippen LogP contribution in [-0.4, -0.2) is 42.4 Å². The third-order valence-corrected chi connectivity index (χ3v) is 4.11. The molecule has 2 amide bonds. The van der Waals surface area contributed by atoms with E-state index in [9.17, 15) is 14.4 Å². The zero-order valence-corrected chi connectivity index (χ0v) is 14.5. The number of nitrogens with zero attached hydrogens (tertiary/aromatic N) is 1. The van der Waals surface area contributed by atoms with Gasteiger partial charge in [0.25, 0.3) is 5.91 Å². The first-order valence-electron chi connectivity index (χ1n) is 7.64. The molecule has 0 atom stereocenters. The fourth-order valence-electron chi connectivity index (χ4n) is 2.33. The highest BCUT2D eigenvalue weighted by atomic mass is 35.5. The molecule has 1 aliphatic heterocycles. The van der Waals surface area contributed by atoms with Crippen molar-refractivity contribution < 1.29 is 19.1 Å². The minimum atomic E-state index is -0.609. The van der Waals surface area contributed by atoms with Gasteiger partial charge in [0.15, 0.2) is 6.61 Å². The zero-order chi connectivity index (χ0) is 17.5. The smallest absolute Gasteiger partial charge is 0.326 e. The topological polar surface area (TPSA) is 75.7 Å². The molecular formula is C16H18Cl2N2O4. The first-order valence-corrected chi connectivity index (χ1v) is 8.39. The highest BCUT2D eigenvalue weighted by Gasteiger charge is 2.20. The molecule has 0 bridgehead atoms. The fourth-order valence-corrected chi connectivity index (χ4v) is 2.79. The third kappa shape index (κ3) is 5.69. The van der Waals surface area contributed by atoms with Crippen LogP contribution in [0.3, 0.4) is 0 Å². The van der Waals surface area contributed by atoms with Gasteiger partial charge in [-0.3, -0.25) is 14.4 Å². The van der Waals surface area contributed by atoms with Gasteiger partial charge in [-0.05, 0) is 31.0 Å². The number of hydrogen-bond donors (Lipinski definition) is 1. The van der Waals surface area contributed by atoms with Crippen molar-refractivity contribution in [3.63, 3.8) is 0 Å². The maximum absolute atomic E-state index is 11.8. The molecule has 0 unspecified atom stereocenters. The molecule has 1 saturated heterocycles. The molecule has 1 heterocycles. The van der Waals surface area contributed by atoms with Crippen LogP contribution in [0.4, 0.5) is 5.69 Å².